The van der Waals surface area contributed by atoms with Crippen LogP contribution in [0, 0.1) is 0 Å². The Morgan fingerprint density at radius 3 is 1.42 bits per heavy atom. The van der Waals surface area contributed by atoms with E-state index in [9.17, 15) is 18.4 Å². The molecule has 0 N–H and O–H groups in total. The molecule has 2 amide bonds. The van der Waals surface area contributed by atoms with E-state index in [2.05, 4.69) is 30.4 Å². The van der Waals surface area contributed by atoms with Gasteiger partial charge in [-0.15, -0.1) is 10.2 Å². The van der Waals surface area contributed by atoms with E-state index in [1.54, 1.807) is 31.6 Å². The predicted molar refractivity (Wildman–Crippen MR) is 180 cm³/mol. The summed E-state index contributed by atoms with van der Waals surface area (Å²) in [6.45, 7) is 3.28. The standard InChI is InChI=1S/2C18H17FN6O/c2*19-14-10-15(12-4-2-1-3-5-12)25-17(14)21-16(22-25)18(26)23-8-9-24-13(11-23)6-7-20-24/h2*1-7,14-15H,8-11H2/t2*14-,15-/m11/s1. The fourth-order valence-electron chi connectivity index (χ4n) is 7.45. The van der Waals surface area contributed by atoms with Crippen LogP contribution >= 0.6 is 0 Å². The Kier molecular flexibility index (Phi) is 7.92. The molecule has 8 heterocycles. The molecule has 0 unspecified atom stereocenters. The smallest absolute Gasteiger partial charge is 0.293 e. The Morgan fingerprint density at radius 2 is 1.00 bits per heavy atom. The van der Waals surface area contributed by atoms with Crippen LogP contribution in [0.4, 0.5) is 8.78 Å². The van der Waals surface area contributed by atoms with Crippen molar-refractivity contribution in [1.82, 2.24) is 58.9 Å². The van der Waals surface area contributed by atoms with Crippen molar-refractivity contribution in [2.75, 3.05) is 13.1 Å². The largest absolute Gasteiger partial charge is 0.328 e. The molecule has 14 nitrogen and oxygen atoms in total. The van der Waals surface area contributed by atoms with Crippen molar-refractivity contribution in [2.45, 2.75) is 63.4 Å². The molecule has 10 rings (SSSR count). The van der Waals surface area contributed by atoms with Crippen molar-refractivity contribution >= 4 is 11.8 Å². The van der Waals surface area contributed by atoms with Gasteiger partial charge in [-0.05, 0) is 23.3 Å². The highest BCUT2D eigenvalue weighted by molar-refractivity contribution is 5.91. The molecule has 0 saturated heterocycles. The Balaban J connectivity index is 0.000000138. The molecule has 4 atom stereocenters. The quantitative estimate of drug-likeness (QED) is 0.266. The lowest BCUT2D eigenvalue weighted by atomic mass is 10.0. The second-order valence-corrected chi connectivity index (χ2v) is 13.3. The van der Waals surface area contributed by atoms with Gasteiger partial charge in [-0.3, -0.25) is 19.0 Å². The topological polar surface area (TPSA) is 138 Å². The average Bonchev–Trinajstić information content (AvgIpc) is 4.04. The lowest BCUT2D eigenvalue weighted by molar-refractivity contribution is 0.0686. The Bertz CT molecular complexity index is 2090. The van der Waals surface area contributed by atoms with Gasteiger partial charge in [-0.1, -0.05) is 60.7 Å². The molecular formula is C36H34F2N12O2. The summed E-state index contributed by atoms with van der Waals surface area (Å²) < 4.78 is 35.8. The number of alkyl halides is 2. The van der Waals surface area contributed by atoms with Crippen molar-refractivity contribution in [3.05, 3.63) is 131 Å². The molecule has 0 spiro atoms. The van der Waals surface area contributed by atoms with E-state index in [1.807, 2.05) is 82.2 Å². The lowest BCUT2D eigenvalue weighted by Gasteiger charge is -2.26. The second-order valence-electron chi connectivity index (χ2n) is 13.3. The zero-order valence-corrected chi connectivity index (χ0v) is 28.0. The molecule has 0 fully saturated rings. The van der Waals surface area contributed by atoms with Crippen LogP contribution in [0.5, 0.6) is 0 Å². The van der Waals surface area contributed by atoms with Crippen LogP contribution in [0.25, 0.3) is 0 Å². The lowest BCUT2D eigenvalue weighted by Crippen LogP contribution is -2.39. The summed E-state index contributed by atoms with van der Waals surface area (Å²) in [5, 5.41) is 17.2. The zero-order valence-electron chi connectivity index (χ0n) is 28.0. The summed E-state index contributed by atoms with van der Waals surface area (Å²) in [4.78, 5) is 37.5. The van der Waals surface area contributed by atoms with Gasteiger partial charge in [0.25, 0.3) is 11.8 Å². The van der Waals surface area contributed by atoms with Gasteiger partial charge in [0.05, 0.1) is 49.7 Å². The third-order valence-electron chi connectivity index (χ3n) is 10.1. The molecule has 2 aromatic carbocycles. The molecule has 264 valence electrons. The number of rotatable bonds is 4. The van der Waals surface area contributed by atoms with E-state index in [0.29, 0.717) is 52.1 Å². The highest BCUT2D eigenvalue weighted by Gasteiger charge is 2.39. The fraction of sp³-hybridized carbons (Fsp3) is 0.333. The minimum atomic E-state index is -1.21. The fourth-order valence-corrected chi connectivity index (χ4v) is 7.45. The summed E-state index contributed by atoms with van der Waals surface area (Å²) in [5.41, 5.74) is 3.89. The number of carbonyl (C=O) groups excluding carboxylic acids is 2. The van der Waals surface area contributed by atoms with Gasteiger partial charge in [-0.2, -0.15) is 10.2 Å². The maximum atomic E-state index is 14.5. The highest BCUT2D eigenvalue weighted by atomic mass is 19.1. The van der Waals surface area contributed by atoms with E-state index in [-0.39, 0.29) is 47.2 Å². The van der Waals surface area contributed by atoms with Crippen LogP contribution in [-0.4, -0.2) is 83.8 Å². The van der Waals surface area contributed by atoms with Gasteiger partial charge >= 0.3 is 0 Å². The van der Waals surface area contributed by atoms with Gasteiger partial charge in [0, 0.05) is 38.3 Å². The maximum Gasteiger partial charge on any atom is 0.293 e. The molecule has 4 aromatic heterocycles. The van der Waals surface area contributed by atoms with E-state index >= 15 is 0 Å². The van der Waals surface area contributed by atoms with E-state index in [4.69, 9.17) is 0 Å². The van der Waals surface area contributed by atoms with Crippen LogP contribution < -0.4 is 0 Å². The second kappa shape index (κ2) is 12.9. The molecule has 52 heavy (non-hydrogen) atoms. The normalized spacial score (nSPS) is 21.5. The van der Waals surface area contributed by atoms with Gasteiger partial charge in [0.2, 0.25) is 11.6 Å². The van der Waals surface area contributed by atoms with Gasteiger partial charge in [-0.25, -0.2) is 28.1 Å². The van der Waals surface area contributed by atoms with Crippen molar-refractivity contribution in [2.24, 2.45) is 0 Å². The molecule has 6 aromatic rings. The molecule has 4 aliphatic rings. The first-order valence-corrected chi connectivity index (χ1v) is 17.3. The molecule has 0 saturated carbocycles. The predicted octanol–water partition coefficient (Wildman–Crippen LogP) is 4.27. The number of hydrogen-bond donors (Lipinski definition) is 0. The number of nitrogens with zero attached hydrogens (tertiary/aromatic N) is 12. The number of aromatic nitrogens is 10. The van der Waals surface area contributed by atoms with Crippen molar-refractivity contribution in [3.8, 4) is 0 Å². The third kappa shape index (κ3) is 5.63. The molecule has 4 aliphatic heterocycles. The Labute approximate surface area is 296 Å². The van der Waals surface area contributed by atoms with Gasteiger partial charge in [0.15, 0.2) is 24.0 Å². The van der Waals surface area contributed by atoms with Crippen LogP contribution in [0.3, 0.4) is 0 Å². The zero-order chi connectivity index (χ0) is 35.3. The number of hydrogen-bond acceptors (Lipinski definition) is 8. The van der Waals surface area contributed by atoms with Crippen LogP contribution in [-0.2, 0) is 26.2 Å². The Hall–Kier alpha value is -6.06. The molecule has 16 heteroatoms. The van der Waals surface area contributed by atoms with Crippen LogP contribution in [0.2, 0.25) is 0 Å². The summed E-state index contributed by atoms with van der Waals surface area (Å²) in [7, 11) is 0. The third-order valence-corrected chi connectivity index (χ3v) is 10.1. The van der Waals surface area contributed by atoms with E-state index < -0.39 is 12.3 Å². The summed E-state index contributed by atoms with van der Waals surface area (Å²) >= 11 is 0. The minimum absolute atomic E-state index is 0.0660. The molecule has 0 bridgehead atoms. The van der Waals surface area contributed by atoms with Gasteiger partial charge < -0.3 is 9.80 Å². The first-order valence-electron chi connectivity index (χ1n) is 17.3. The number of amides is 2. The monoisotopic (exact) mass is 704 g/mol. The van der Waals surface area contributed by atoms with E-state index in [1.165, 1.54) is 0 Å². The first kappa shape index (κ1) is 31.9. The van der Waals surface area contributed by atoms with Crippen LogP contribution in [0.1, 0.15) is 92.7 Å². The molecule has 0 radical (unpaired) electrons. The first-order chi connectivity index (χ1) is 25.4. The van der Waals surface area contributed by atoms with Crippen molar-refractivity contribution in [1.29, 1.82) is 0 Å². The number of carbonyl (C=O) groups is 2. The highest BCUT2D eigenvalue weighted by Crippen LogP contribution is 2.40. The summed E-state index contributed by atoms with van der Waals surface area (Å²) in [6, 6.07) is 22.6. The summed E-state index contributed by atoms with van der Waals surface area (Å²) in [5.74, 6) is 0.0812. The number of benzene rings is 2. The van der Waals surface area contributed by atoms with Crippen molar-refractivity contribution in [3.63, 3.8) is 0 Å². The van der Waals surface area contributed by atoms with Crippen molar-refractivity contribution < 1.29 is 18.4 Å². The SMILES string of the molecule is O=C(c1nc2n(n1)[C@@H](c1ccccc1)C[C@H]2F)N1CCn2nccc2C1.O=C(c1nc2n(n1)[C@@H](c1ccccc1)C[C@H]2F)N1CCn2nccc2C1. The molecule has 0 aliphatic carbocycles. The summed E-state index contributed by atoms with van der Waals surface area (Å²) in [6.07, 6.45) is 1.64. The van der Waals surface area contributed by atoms with Crippen LogP contribution in [0.15, 0.2) is 85.2 Å². The average molecular weight is 705 g/mol. The van der Waals surface area contributed by atoms with Gasteiger partial charge in [0.1, 0.15) is 0 Å². The Morgan fingerprint density at radius 1 is 0.577 bits per heavy atom. The maximum absolute atomic E-state index is 14.5. The minimum Gasteiger partial charge on any atom is -0.328 e. The number of fused-ring (bicyclic) bond motifs is 4. The molecular weight excluding hydrogens is 670 g/mol. The van der Waals surface area contributed by atoms with E-state index in [0.717, 1.165) is 22.5 Å². The number of halogens is 2.